The highest BCUT2D eigenvalue weighted by Gasteiger charge is 2.22. The van der Waals surface area contributed by atoms with Crippen LogP contribution >= 0.6 is 11.3 Å². The molecule has 38 heavy (non-hydrogen) atoms. The first-order valence-corrected chi connectivity index (χ1v) is 13.6. The molecule has 4 aromatic rings. The molecule has 0 radical (unpaired) electrons. The zero-order valence-corrected chi connectivity index (χ0v) is 21.9. The van der Waals surface area contributed by atoms with Crippen LogP contribution in [0.25, 0.3) is 16.2 Å². The van der Waals surface area contributed by atoms with Gasteiger partial charge in [0.15, 0.2) is 5.13 Å². The van der Waals surface area contributed by atoms with E-state index in [4.69, 9.17) is 9.47 Å². The van der Waals surface area contributed by atoms with Gasteiger partial charge in [-0.1, -0.05) is 6.07 Å². The molecule has 2 aliphatic heterocycles. The predicted octanol–water partition coefficient (Wildman–Crippen LogP) is 2.26. The van der Waals surface area contributed by atoms with Crippen molar-refractivity contribution in [1.82, 2.24) is 24.4 Å². The Morgan fingerprint density at radius 3 is 2.97 bits per heavy atom. The molecule has 2 N–H and O–H groups in total. The van der Waals surface area contributed by atoms with E-state index in [-0.39, 0.29) is 17.3 Å². The number of hydrogen-bond donors (Lipinski definition) is 2. The van der Waals surface area contributed by atoms with Gasteiger partial charge >= 0.3 is 5.69 Å². The summed E-state index contributed by atoms with van der Waals surface area (Å²) in [5.41, 5.74) is 2.89. The van der Waals surface area contributed by atoms with Gasteiger partial charge in [-0.3, -0.25) is 14.3 Å². The Hall–Kier alpha value is -3.74. The maximum atomic E-state index is 13.3. The van der Waals surface area contributed by atoms with Gasteiger partial charge in [-0.05, 0) is 24.6 Å². The minimum atomic E-state index is -0.354. The van der Waals surface area contributed by atoms with Crippen LogP contribution in [0.2, 0.25) is 0 Å². The maximum absolute atomic E-state index is 13.3. The summed E-state index contributed by atoms with van der Waals surface area (Å²) in [6.07, 6.45) is 4.34. The monoisotopic (exact) mass is 535 g/mol. The number of anilines is 2. The van der Waals surface area contributed by atoms with Gasteiger partial charge in [0.05, 0.1) is 36.3 Å². The Labute approximate surface area is 223 Å². The van der Waals surface area contributed by atoms with Crippen LogP contribution in [0.4, 0.5) is 11.4 Å². The number of ether oxygens (including phenoxy) is 2. The first-order chi connectivity index (χ1) is 18.6. The fourth-order valence-electron chi connectivity index (χ4n) is 4.92. The Morgan fingerprint density at radius 2 is 2.16 bits per heavy atom. The van der Waals surface area contributed by atoms with Gasteiger partial charge in [0, 0.05) is 57.3 Å². The predicted molar refractivity (Wildman–Crippen MR) is 146 cm³/mol. The lowest BCUT2D eigenvalue weighted by Gasteiger charge is -2.30. The van der Waals surface area contributed by atoms with E-state index >= 15 is 0 Å². The van der Waals surface area contributed by atoms with Gasteiger partial charge in [0.25, 0.3) is 5.91 Å². The summed E-state index contributed by atoms with van der Waals surface area (Å²) in [7, 11) is 1.72. The first kappa shape index (κ1) is 24.6. The highest BCUT2D eigenvalue weighted by molar-refractivity contribution is 7.12. The quantitative estimate of drug-likeness (QED) is 0.370. The van der Waals surface area contributed by atoms with Crippen LogP contribution in [-0.4, -0.2) is 71.0 Å². The molecule has 0 bridgehead atoms. The molecule has 1 atom stereocenters. The molecule has 6 rings (SSSR count). The molecule has 1 amide bonds. The summed E-state index contributed by atoms with van der Waals surface area (Å²) in [6.45, 7) is 5.43. The SMILES string of the molecule is Cn1c(=O)n(-c2nc(C(=O)Nc3cnccc3N3CCNCC3)cs2)c2cccc(OCC3CCOC3)c21. The van der Waals surface area contributed by atoms with Crippen molar-refractivity contribution in [3.05, 3.63) is 58.2 Å². The Kier molecular flexibility index (Phi) is 6.83. The van der Waals surface area contributed by atoms with Crippen LogP contribution in [0, 0.1) is 5.92 Å². The molecule has 3 aromatic heterocycles. The molecule has 0 saturated carbocycles. The number of fused-ring (bicyclic) bond motifs is 1. The molecule has 0 aliphatic carbocycles. The standard InChI is InChI=1S/C26H29N7O4S/c1-31-23-21(3-2-4-22(23)37-15-17-6-12-36-14-17)33(26(31)35)25-30-19(16-38-25)24(34)29-18-13-28-7-5-20(18)32-10-8-27-9-11-32/h2-5,7,13,16-17,27H,6,8-12,14-15H2,1H3,(H,29,34). The van der Waals surface area contributed by atoms with Crippen molar-refractivity contribution < 1.29 is 14.3 Å². The maximum Gasteiger partial charge on any atom is 0.335 e. The van der Waals surface area contributed by atoms with E-state index in [9.17, 15) is 9.59 Å². The summed E-state index contributed by atoms with van der Waals surface area (Å²) in [5, 5.41) is 8.37. The number of pyridine rings is 1. The number of aryl methyl sites for hydroxylation is 1. The van der Waals surface area contributed by atoms with Crippen molar-refractivity contribution in [3.63, 3.8) is 0 Å². The van der Waals surface area contributed by atoms with Gasteiger partial charge < -0.3 is 25.0 Å². The topological polar surface area (TPSA) is 116 Å². The number of rotatable bonds is 7. The summed E-state index contributed by atoms with van der Waals surface area (Å²) < 4.78 is 14.6. The van der Waals surface area contributed by atoms with Crippen molar-refractivity contribution in [2.45, 2.75) is 6.42 Å². The van der Waals surface area contributed by atoms with Gasteiger partial charge in [0.2, 0.25) is 0 Å². The number of carbonyl (C=O) groups is 1. The molecule has 5 heterocycles. The zero-order chi connectivity index (χ0) is 26.1. The molecule has 198 valence electrons. The number of benzene rings is 1. The molecule has 11 nitrogen and oxygen atoms in total. The second-order valence-corrected chi connectivity index (χ2v) is 10.3. The van der Waals surface area contributed by atoms with Gasteiger partial charge in [-0.25, -0.2) is 14.3 Å². The molecule has 12 heteroatoms. The normalized spacial score (nSPS) is 17.7. The fraction of sp³-hybridized carbons (Fsp3) is 0.385. The lowest BCUT2D eigenvalue weighted by atomic mass is 10.1. The molecule has 2 aliphatic rings. The average molecular weight is 536 g/mol. The highest BCUT2D eigenvalue weighted by atomic mass is 32.1. The smallest absolute Gasteiger partial charge is 0.335 e. The number of nitrogens with zero attached hydrogens (tertiary/aromatic N) is 5. The van der Waals surface area contributed by atoms with E-state index in [1.54, 1.807) is 29.4 Å². The first-order valence-electron chi connectivity index (χ1n) is 12.7. The van der Waals surface area contributed by atoms with Gasteiger partial charge in [-0.15, -0.1) is 11.3 Å². The zero-order valence-electron chi connectivity index (χ0n) is 21.1. The van der Waals surface area contributed by atoms with E-state index < -0.39 is 0 Å². The number of thiazole rings is 1. The third-order valence-electron chi connectivity index (χ3n) is 6.95. The van der Waals surface area contributed by atoms with Crippen LogP contribution < -0.4 is 26.0 Å². The van der Waals surface area contributed by atoms with E-state index in [2.05, 4.69) is 25.5 Å². The highest BCUT2D eigenvalue weighted by Crippen LogP contribution is 2.29. The van der Waals surface area contributed by atoms with Crippen molar-refractivity contribution in [2.24, 2.45) is 13.0 Å². The Bertz CT molecular complexity index is 1520. The van der Waals surface area contributed by atoms with Gasteiger partial charge in [0.1, 0.15) is 17.0 Å². The second kappa shape index (κ2) is 10.6. The lowest BCUT2D eigenvalue weighted by Crippen LogP contribution is -2.43. The van der Waals surface area contributed by atoms with E-state index in [1.165, 1.54) is 15.9 Å². The largest absolute Gasteiger partial charge is 0.491 e. The van der Waals surface area contributed by atoms with Crippen molar-refractivity contribution in [3.8, 4) is 10.9 Å². The van der Waals surface area contributed by atoms with E-state index in [0.29, 0.717) is 46.7 Å². The molecule has 1 aromatic carbocycles. The molecule has 1 unspecified atom stereocenters. The lowest BCUT2D eigenvalue weighted by molar-refractivity contribution is 0.102. The summed E-state index contributed by atoms with van der Waals surface area (Å²) in [6, 6.07) is 7.49. The van der Waals surface area contributed by atoms with Crippen LogP contribution in [0.1, 0.15) is 16.9 Å². The number of aromatic nitrogens is 4. The van der Waals surface area contributed by atoms with E-state index in [0.717, 1.165) is 44.9 Å². The van der Waals surface area contributed by atoms with Crippen LogP contribution in [-0.2, 0) is 11.8 Å². The van der Waals surface area contributed by atoms with Gasteiger partial charge in [-0.2, -0.15) is 0 Å². The number of piperazine rings is 1. The number of carbonyl (C=O) groups excluding carboxylic acids is 1. The fourth-order valence-corrected chi connectivity index (χ4v) is 5.73. The third-order valence-corrected chi connectivity index (χ3v) is 7.78. The third kappa shape index (κ3) is 4.66. The van der Waals surface area contributed by atoms with Crippen LogP contribution in [0.15, 0.2) is 46.8 Å². The molecule has 0 spiro atoms. The number of nitrogens with one attached hydrogen (secondary N) is 2. The van der Waals surface area contributed by atoms with Crippen molar-refractivity contribution in [1.29, 1.82) is 0 Å². The summed E-state index contributed by atoms with van der Waals surface area (Å²) in [4.78, 5) is 37.4. The number of imidazole rings is 1. The number of para-hydroxylation sites is 1. The van der Waals surface area contributed by atoms with Crippen LogP contribution in [0.3, 0.4) is 0 Å². The number of hydrogen-bond acceptors (Lipinski definition) is 9. The van der Waals surface area contributed by atoms with Crippen molar-refractivity contribution in [2.75, 3.05) is 56.2 Å². The second-order valence-electron chi connectivity index (χ2n) is 9.44. The van der Waals surface area contributed by atoms with Crippen molar-refractivity contribution >= 4 is 39.7 Å². The van der Waals surface area contributed by atoms with E-state index in [1.807, 2.05) is 24.3 Å². The average Bonchev–Trinajstić information content (AvgIpc) is 3.70. The minimum absolute atomic E-state index is 0.234. The molecule has 2 saturated heterocycles. The molecule has 2 fully saturated rings. The van der Waals surface area contributed by atoms with Crippen LogP contribution in [0.5, 0.6) is 5.75 Å². The summed E-state index contributed by atoms with van der Waals surface area (Å²) in [5.74, 6) is 0.628. The molecular formula is C26H29N7O4S. The number of amides is 1. The molecular weight excluding hydrogens is 506 g/mol. The summed E-state index contributed by atoms with van der Waals surface area (Å²) >= 11 is 1.24. The Morgan fingerprint density at radius 1 is 1.29 bits per heavy atom. The minimum Gasteiger partial charge on any atom is -0.491 e. The Balaban J connectivity index is 1.26.